The standard InChI is InChI=1S/C8H6Cl3NO/c9-4-8(13)12-7-2-1-5(10)3-6(7)11/h1-3H,4H2,(H,12,13). The van der Waals surface area contributed by atoms with E-state index in [0.717, 1.165) is 0 Å². The van der Waals surface area contributed by atoms with Crippen LogP contribution in [0.5, 0.6) is 0 Å². The van der Waals surface area contributed by atoms with Crippen molar-refractivity contribution >= 4 is 46.4 Å². The van der Waals surface area contributed by atoms with Gasteiger partial charge in [-0.05, 0) is 18.2 Å². The number of halogens is 3. The molecule has 70 valence electrons. The number of hydrogen-bond donors (Lipinski definition) is 1. The van der Waals surface area contributed by atoms with E-state index in [2.05, 4.69) is 5.32 Å². The summed E-state index contributed by atoms with van der Waals surface area (Å²) < 4.78 is 0. The number of carbonyl (C=O) groups excluding carboxylic acids is 1. The van der Waals surface area contributed by atoms with E-state index in [-0.39, 0.29) is 11.8 Å². The molecule has 0 aliphatic heterocycles. The summed E-state index contributed by atoms with van der Waals surface area (Å²) in [4.78, 5) is 10.9. The number of benzene rings is 1. The Morgan fingerprint density at radius 3 is 2.62 bits per heavy atom. The minimum absolute atomic E-state index is 0.0983. The van der Waals surface area contributed by atoms with E-state index < -0.39 is 0 Å². The fourth-order valence-corrected chi connectivity index (χ4v) is 1.30. The molecule has 1 amide bonds. The van der Waals surface area contributed by atoms with Crippen LogP contribution in [0, 0.1) is 0 Å². The summed E-state index contributed by atoms with van der Waals surface area (Å²) >= 11 is 16.8. The molecule has 13 heavy (non-hydrogen) atoms. The van der Waals surface area contributed by atoms with Crippen molar-refractivity contribution in [2.24, 2.45) is 0 Å². The molecule has 1 aromatic rings. The zero-order valence-corrected chi connectivity index (χ0v) is 8.75. The maximum atomic E-state index is 10.9. The van der Waals surface area contributed by atoms with Gasteiger partial charge in [0.1, 0.15) is 5.88 Å². The molecule has 0 aliphatic rings. The van der Waals surface area contributed by atoms with Gasteiger partial charge in [-0.1, -0.05) is 23.2 Å². The van der Waals surface area contributed by atoms with E-state index in [1.807, 2.05) is 0 Å². The number of amides is 1. The Morgan fingerprint density at radius 1 is 1.38 bits per heavy atom. The molecule has 0 aliphatic carbocycles. The summed E-state index contributed by atoms with van der Waals surface area (Å²) in [5.74, 6) is -0.398. The van der Waals surface area contributed by atoms with Crippen molar-refractivity contribution in [3.63, 3.8) is 0 Å². The van der Waals surface area contributed by atoms with Gasteiger partial charge in [-0.2, -0.15) is 0 Å². The minimum Gasteiger partial charge on any atom is -0.324 e. The van der Waals surface area contributed by atoms with E-state index in [4.69, 9.17) is 34.8 Å². The van der Waals surface area contributed by atoms with Crippen molar-refractivity contribution in [3.8, 4) is 0 Å². The van der Waals surface area contributed by atoms with Gasteiger partial charge >= 0.3 is 0 Å². The number of hydrogen-bond acceptors (Lipinski definition) is 1. The third-order valence-corrected chi connectivity index (χ3v) is 2.12. The van der Waals surface area contributed by atoms with Crippen molar-refractivity contribution < 1.29 is 4.79 Å². The van der Waals surface area contributed by atoms with E-state index in [0.29, 0.717) is 15.7 Å². The van der Waals surface area contributed by atoms with Gasteiger partial charge in [0.05, 0.1) is 10.7 Å². The first-order valence-corrected chi connectivity index (χ1v) is 4.73. The van der Waals surface area contributed by atoms with Crippen LogP contribution < -0.4 is 5.32 Å². The molecular weight excluding hydrogens is 232 g/mol. The van der Waals surface area contributed by atoms with Crippen LogP contribution in [-0.4, -0.2) is 11.8 Å². The van der Waals surface area contributed by atoms with Gasteiger partial charge in [0.25, 0.3) is 0 Å². The predicted molar refractivity (Wildman–Crippen MR) is 55.8 cm³/mol. The monoisotopic (exact) mass is 237 g/mol. The van der Waals surface area contributed by atoms with Crippen LogP contribution >= 0.6 is 34.8 Å². The minimum atomic E-state index is -0.300. The largest absolute Gasteiger partial charge is 0.324 e. The Balaban J connectivity index is 2.83. The fraction of sp³-hybridized carbons (Fsp3) is 0.125. The summed E-state index contributed by atoms with van der Waals surface area (Å²) in [5.41, 5.74) is 0.511. The first kappa shape index (κ1) is 10.6. The molecule has 0 saturated carbocycles. The van der Waals surface area contributed by atoms with E-state index in [1.165, 1.54) is 0 Å². The first-order chi connectivity index (χ1) is 6.13. The Kier molecular flexibility index (Phi) is 3.85. The maximum Gasteiger partial charge on any atom is 0.239 e. The topological polar surface area (TPSA) is 29.1 Å². The summed E-state index contributed by atoms with van der Waals surface area (Å²) in [5, 5.41) is 3.44. The third kappa shape index (κ3) is 3.07. The highest BCUT2D eigenvalue weighted by molar-refractivity contribution is 6.37. The molecule has 0 unspecified atom stereocenters. The molecule has 5 heteroatoms. The van der Waals surface area contributed by atoms with Crippen molar-refractivity contribution in [1.29, 1.82) is 0 Å². The van der Waals surface area contributed by atoms with Gasteiger partial charge < -0.3 is 5.32 Å². The second-order valence-corrected chi connectivity index (χ2v) is 3.42. The fourth-order valence-electron chi connectivity index (χ4n) is 0.774. The summed E-state index contributed by atoms with van der Waals surface area (Å²) in [6.07, 6.45) is 0. The molecule has 0 saturated heterocycles. The van der Waals surface area contributed by atoms with Gasteiger partial charge in [0.2, 0.25) is 5.91 Å². The Morgan fingerprint density at radius 2 is 2.08 bits per heavy atom. The van der Waals surface area contributed by atoms with Gasteiger partial charge in [-0.25, -0.2) is 0 Å². The lowest BCUT2D eigenvalue weighted by Gasteiger charge is -2.04. The van der Waals surface area contributed by atoms with Gasteiger partial charge in [0.15, 0.2) is 0 Å². The second kappa shape index (κ2) is 4.70. The molecule has 0 spiro atoms. The van der Waals surface area contributed by atoms with Crippen LogP contribution in [0.1, 0.15) is 0 Å². The Bertz CT molecular complexity index is 327. The third-order valence-electron chi connectivity index (χ3n) is 1.33. The summed E-state index contributed by atoms with van der Waals surface area (Å²) in [6.45, 7) is 0. The lowest BCUT2D eigenvalue weighted by Crippen LogP contribution is -2.12. The zero-order chi connectivity index (χ0) is 9.84. The highest BCUT2D eigenvalue weighted by atomic mass is 35.5. The Hall–Kier alpha value is -0.440. The average molecular weight is 239 g/mol. The maximum absolute atomic E-state index is 10.9. The molecule has 0 fully saturated rings. The lowest BCUT2D eigenvalue weighted by molar-refractivity contribution is -0.113. The molecule has 1 rings (SSSR count). The van der Waals surface area contributed by atoms with Crippen molar-refractivity contribution in [3.05, 3.63) is 28.2 Å². The van der Waals surface area contributed by atoms with Crippen LogP contribution in [-0.2, 0) is 4.79 Å². The van der Waals surface area contributed by atoms with E-state index in [1.54, 1.807) is 18.2 Å². The van der Waals surface area contributed by atoms with E-state index >= 15 is 0 Å². The smallest absolute Gasteiger partial charge is 0.239 e. The second-order valence-electron chi connectivity index (χ2n) is 2.31. The number of rotatable bonds is 2. The van der Waals surface area contributed by atoms with Crippen molar-refractivity contribution in [2.45, 2.75) is 0 Å². The molecular formula is C8H6Cl3NO. The molecule has 0 radical (unpaired) electrons. The molecule has 1 N–H and O–H groups in total. The van der Waals surface area contributed by atoms with Gasteiger partial charge in [-0.15, -0.1) is 11.6 Å². The SMILES string of the molecule is O=C(CCl)Nc1ccc(Cl)cc1Cl. The van der Waals surface area contributed by atoms with Gasteiger partial charge in [-0.3, -0.25) is 4.79 Å². The van der Waals surface area contributed by atoms with E-state index in [9.17, 15) is 4.79 Å². The molecule has 0 aromatic heterocycles. The number of nitrogens with one attached hydrogen (secondary N) is 1. The molecule has 0 heterocycles. The average Bonchev–Trinajstić information content (AvgIpc) is 2.09. The summed E-state index contributed by atoms with van der Waals surface area (Å²) in [7, 11) is 0. The zero-order valence-electron chi connectivity index (χ0n) is 6.48. The van der Waals surface area contributed by atoms with Crippen LogP contribution in [0.4, 0.5) is 5.69 Å². The van der Waals surface area contributed by atoms with Crippen LogP contribution in [0.25, 0.3) is 0 Å². The normalized spacial score (nSPS) is 9.77. The molecule has 1 aromatic carbocycles. The number of anilines is 1. The summed E-state index contributed by atoms with van der Waals surface area (Å²) in [6, 6.07) is 4.80. The lowest BCUT2D eigenvalue weighted by atomic mass is 10.3. The van der Waals surface area contributed by atoms with Crippen LogP contribution in [0.15, 0.2) is 18.2 Å². The number of alkyl halides is 1. The quantitative estimate of drug-likeness (QED) is 0.788. The Labute approximate surface area is 90.8 Å². The predicted octanol–water partition coefficient (Wildman–Crippen LogP) is 3.17. The molecule has 2 nitrogen and oxygen atoms in total. The van der Waals surface area contributed by atoms with Crippen LogP contribution in [0.3, 0.4) is 0 Å². The first-order valence-electron chi connectivity index (χ1n) is 3.44. The van der Waals surface area contributed by atoms with Crippen molar-refractivity contribution in [2.75, 3.05) is 11.2 Å². The van der Waals surface area contributed by atoms with Gasteiger partial charge in [0, 0.05) is 5.02 Å². The van der Waals surface area contributed by atoms with Crippen LogP contribution in [0.2, 0.25) is 10.0 Å². The molecule has 0 bridgehead atoms. The highest BCUT2D eigenvalue weighted by Crippen LogP contribution is 2.25. The highest BCUT2D eigenvalue weighted by Gasteiger charge is 2.04. The number of carbonyl (C=O) groups is 1. The van der Waals surface area contributed by atoms with Crippen molar-refractivity contribution in [1.82, 2.24) is 0 Å². The molecule has 0 atom stereocenters.